The zero-order chi connectivity index (χ0) is 26.3. The highest BCUT2D eigenvalue weighted by molar-refractivity contribution is 7.99. The average molecular weight is 532 g/mol. The Labute approximate surface area is 224 Å². The van der Waals surface area contributed by atoms with Crippen LogP contribution in [0, 0.1) is 11.6 Å². The van der Waals surface area contributed by atoms with E-state index < -0.39 is 17.2 Å². The SMILES string of the molecule is COc1ccc(C2(c3ccc(OC)c(F)c3)C=Cc3c(cc(N4CCSCC4)c4ccccc34)O2)cc1F. The van der Waals surface area contributed by atoms with Crippen molar-refractivity contribution in [3.8, 4) is 17.2 Å². The minimum Gasteiger partial charge on any atom is -0.494 e. The van der Waals surface area contributed by atoms with Crippen molar-refractivity contribution in [2.24, 2.45) is 0 Å². The van der Waals surface area contributed by atoms with E-state index in [1.54, 1.807) is 24.3 Å². The highest BCUT2D eigenvalue weighted by Crippen LogP contribution is 2.47. The summed E-state index contributed by atoms with van der Waals surface area (Å²) in [5.74, 6) is 1.99. The Morgan fingerprint density at radius 3 is 2.00 bits per heavy atom. The summed E-state index contributed by atoms with van der Waals surface area (Å²) in [5.41, 5.74) is 1.81. The fraction of sp³-hybridized carbons (Fsp3) is 0.226. The Morgan fingerprint density at radius 2 is 1.42 bits per heavy atom. The predicted octanol–water partition coefficient (Wildman–Crippen LogP) is 7.04. The lowest BCUT2D eigenvalue weighted by Crippen LogP contribution is -2.35. The molecule has 1 saturated heterocycles. The first-order chi connectivity index (χ1) is 18.5. The molecule has 38 heavy (non-hydrogen) atoms. The summed E-state index contributed by atoms with van der Waals surface area (Å²) in [6, 6.07) is 19.8. The molecule has 0 aromatic heterocycles. The van der Waals surface area contributed by atoms with Gasteiger partial charge in [0.25, 0.3) is 0 Å². The van der Waals surface area contributed by atoms with Crippen molar-refractivity contribution in [1.29, 1.82) is 0 Å². The van der Waals surface area contributed by atoms with Crippen LogP contribution in [0.2, 0.25) is 0 Å². The van der Waals surface area contributed by atoms with Crippen LogP contribution in [0.15, 0.2) is 72.8 Å². The summed E-state index contributed by atoms with van der Waals surface area (Å²) in [6.07, 6.45) is 3.88. The fourth-order valence-electron chi connectivity index (χ4n) is 5.36. The Kier molecular flexibility index (Phi) is 6.40. The molecule has 0 N–H and O–H groups in total. The largest absolute Gasteiger partial charge is 0.494 e. The molecular formula is C31H27F2NO3S. The van der Waals surface area contributed by atoms with E-state index in [1.165, 1.54) is 26.4 Å². The van der Waals surface area contributed by atoms with Crippen LogP contribution < -0.4 is 19.1 Å². The quantitative estimate of drug-likeness (QED) is 0.276. The first-order valence-corrected chi connectivity index (χ1v) is 13.6. The lowest BCUT2D eigenvalue weighted by molar-refractivity contribution is 0.160. The third kappa shape index (κ3) is 4.06. The maximum atomic E-state index is 15.0. The van der Waals surface area contributed by atoms with E-state index >= 15 is 0 Å². The zero-order valence-electron chi connectivity index (χ0n) is 21.2. The normalized spacial score (nSPS) is 16.2. The van der Waals surface area contributed by atoms with Gasteiger partial charge in [-0.15, -0.1) is 0 Å². The van der Waals surface area contributed by atoms with Crippen LogP contribution in [0.1, 0.15) is 16.7 Å². The van der Waals surface area contributed by atoms with Crippen molar-refractivity contribution in [2.45, 2.75) is 5.60 Å². The number of hydrogen-bond acceptors (Lipinski definition) is 5. The minimum absolute atomic E-state index is 0.126. The molecule has 1 fully saturated rings. The van der Waals surface area contributed by atoms with Crippen molar-refractivity contribution in [2.75, 3.05) is 43.7 Å². The number of halogens is 2. The number of nitrogens with zero attached hydrogens (tertiary/aromatic N) is 1. The van der Waals surface area contributed by atoms with Crippen molar-refractivity contribution in [3.63, 3.8) is 0 Å². The van der Waals surface area contributed by atoms with Gasteiger partial charge in [-0.3, -0.25) is 0 Å². The number of thioether (sulfide) groups is 1. The Hall–Kier alpha value is -3.71. The van der Waals surface area contributed by atoms with Gasteiger partial charge in [0.2, 0.25) is 0 Å². The van der Waals surface area contributed by atoms with Gasteiger partial charge in [-0.25, -0.2) is 8.78 Å². The molecule has 2 aliphatic rings. The molecular weight excluding hydrogens is 504 g/mol. The first-order valence-electron chi connectivity index (χ1n) is 12.5. The zero-order valence-corrected chi connectivity index (χ0v) is 22.0. The summed E-state index contributed by atoms with van der Waals surface area (Å²) < 4.78 is 47.1. The summed E-state index contributed by atoms with van der Waals surface area (Å²) in [7, 11) is 2.84. The highest BCUT2D eigenvalue weighted by Gasteiger charge is 2.39. The van der Waals surface area contributed by atoms with Gasteiger partial charge in [-0.05, 0) is 41.8 Å². The summed E-state index contributed by atoms with van der Waals surface area (Å²) >= 11 is 1.95. The Bertz CT molecular complexity index is 1490. The predicted molar refractivity (Wildman–Crippen MR) is 150 cm³/mol. The molecule has 6 rings (SSSR count). The van der Waals surface area contributed by atoms with Crippen molar-refractivity contribution >= 4 is 34.3 Å². The van der Waals surface area contributed by atoms with Crippen LogP contribution in [0.25, 0.3) is 16.8 Å². The van der Waals surface area contributed by atoms with Gasteiger partial charge in [-0.2, -0.15) is 11.8 Å². The second-order valence-electron chi connectivity index (χ2n) is 9.32. The third-order valence-electron chi connectivity index (χ3n) is 7.30. The molecule has 7 heteroatoms. The second-order valence-corrected chi connectivity index (χ2v) is 10.5. The van der Waals surface area contributed by atoms with Crippen LogP contribution in [-0.4, -0.2) is 38.8 Å². The molecule has 2 heterocycles. The number of rotatable bonds is 5. The molecule has 0 unspecified atom stereocenters. The number of methoxy groups -OCH3 is 2. The third-order valence-corrected chi connectivity index (χ3v) is 8.24. The molecule has 4 aromatic carbocycles. The van der Waals surface area contributed by atoms with Gasteiger partial charge in [0, 0.05) is 58.4 Å². The number of hydrogen-bond donors (Lipinski definition) is 0. The Balaban J connectivity index is 1.57. The maximum absolute atomic E-state index is 15.0. The fourth-order valence-corrected chi connectivity index (χ4v) is 6.26. The number of fused-ring (bicyclic) bond motifs is 3. The van der Waals surface area contributed by atoms with Crippen molar-refractivity contribution in [3.05, 3.63) is 101 Å². The highest BCUT2D eigenvalue weighted by atomic mass is 32.2. The molecule has 0 spiro atoms. The van der Waals surface area contributed by atoms with E-state index in [2.05, 4.69) is 29.2 Å². The average Bonchev–Trinajstić information content (AvgIpc) is 2.96. The van der Waals surface area contributed by atoms with Crippen LogP contribution in [-0.2, 0) is 5.60 Å². The lowest BCUT2D eigenvalue weighted by atomic mass is 9.82. The van der Waals surface area contributed by atoms with Crippen molar-refractivity contribution < 1.29 is 23.0 Å². The smallest absolute Gasteiger partial charge is 0.178 e. The maximum Gasteiger partial charge on any atom is 0.178 e. The van der Waals surface area contributed by atoms with Gasteiger partial charge in [0.1, 0.15) is 5.75 Å². The van der Waals surface area contributed by atoms with Gasteiger partial charge in [0.05, 0.1) is 14.2 Å². The molecule has 2 aliphatic heterocycles. The topological polar surface area (TPSA) is 30.9 Å². The van der Waals surface area contributed by atoms with E-state index in [4.69, 9.17) is 14.2 Å². The van der Waals surface area contributed by atoms with Crippen LogP contribution in [0.3, 0.4) is 0 Å². The summed E-state index contributed by atoms with van der Waals surface area (Å²) in [4.78, 5) is 2.39. The van der Waals surface area contributed by atoms with Gasteiger partial charge in [0.15, 0.2) is 28.7 Å². The van der Waals surface area contributed by atoms with Crippen LogP contribution in [0.5, 0.6) is 17.2 Å². The van der Waals surface area contributed by atoms with E-state index in [0.717, 1.165) is 46.6 Å². The van der Waals surface area contributed by atoms with Crippen LogP contribution >= 0.6 is 11.8 Å². The standard InChI is InChI=1S/C31H27F2NO3S/c1-35-28-9-7-20(17-25(28)32)31(21-8-10-29(36-2)26(33)18-21)12-11-24-22-5-3-4-6-23(22)27(19-30(24)37-31)34-13-15-38-16-14-34/h3-12,17-19H,13-16H2,1-2H3. The lowest BCUT2D eigenvalue weighted by Gasteiger charge is -2.38. The van der Waals surface area contributed by atoms with E-state index in [1.807, 2.05) is 30.0 Å². The molecule has 0 aliphatic carbocycles. The molecule has 0 atom stereocenters. The molecule has 4 nitrogen and oxygen atoms in total. The number of benzene rings is 4. The molecule has 0 bridgehead atoms. The monoisotopic (exact) mass is 531 g/mol. The first kappa shape index (κ1) is 24.6. The van der Waals surface area contributed by atoms with Gasteiger partial charge < -0.3 is 19.1 Å². The van der Waals surface area contributed by atoms with Gasteiger partial charge >= 0.3 is 0 Å². The van der Waals surface area contributed by atoms with Crippen molar-refractivity contribution in [1.82, 2.24) is 0 Å². The number of anilines is 1. The molecule has 4 aromatic rings. The Morgan fingerprint density at radius 1 is 0.816 bits per heavy atom. The number of ether oxygens (including phenoxy) is 3. The molecule has 0 saturated carbocycles. The minimum atomic E-state index is -1.27. The van der Waals surface area contributed by atoms with Gasteiger partial charge in [-0.1, -0.05) is 36.4 Å². The summed E-state index contributed by atoms with van der Waals surface area (Å²) in [6.45, 7) is 1.89. The van der Waals surface area contributed by atoms with Crippen LogP contribution in [0.4, 0.5) is 14.5 Å². The molecule has 0 amide bonds. The van der Waals surface area contributed by atoms with E-state index in [9.17, 15) is 8.78 Å². The van der Waals surface area contributed by atoms with E-state index in [0.29, 0.717) is 16.9 Å². The summed E-state index contributed by atoms with van der Waals surface area (Å²) in [5, 5.41) is 2.23. The molecule has 0 radical (unpaired) electrons. The molecule has 194 valence electrons. The van der Waals surface area contributed by atoms with E-state index in [-0.39, 0.29) is 11.5 Å². The second kappa shape index (κ2) is 9.87.